The average Bonchev–Trinajstić information content (AvgIpc) is 3.47. The predicted octanol–water partition coefficient (Wildman–Crippen LogP) is 1.88. The first-order valence-corrected chi connectivity index (χ1v) is 12.3. The molecule has 5 N–H and O–H groups in total. The molecule has 0 radical (unpaired) electrons. The Labute approximate surface area is 210 Å². The van der Waals surface area contributed by atoms with Crippen molar-refractivity contribution in [2.75, 3.05) is 18.9 Å². The normalized spacial score (nSPS) is 11.4. The van der Waals surface area contributed by atoms with Crippen LogP contribution in [0.2, 0.25) is 0 Å². The number of nitrogens with one attached hydrogen (secondary N) is 3. The molecule has 190 valence electrons. The van der Waals surface area contributed by atoms with Crippen molar-refractivity contribution in [3.05, 3.63) is 44.0 Å². The molecule has 36 heavy (non-hydrogen) atoms. The van der Waals surface area contributed by atoms with Gasteiger partial charge in [0.2, 0.25) is 5.95 Å². The fraction of sp³-hybridized carbons (Fsp3) is 0.375. The second kappa shape index (κ2) is 12.6. The molecule has 0 saturated heterocycles. The molecule has 12 heteroatoms. The quantitative estimate of drug-likeness (QED) is 0.235. The van der Waals surface area contributed by atoms with Crippen LogP contribution in [0.1, 0.15) is 54.0 Å². The zero-order valence-electron chi connectivity index (χ0n) is 19.9. The van der Waals surface area contributed by atoms with E-state index in [0.29, 0.717) is 34.3 Å². The van der Waals surface area contributed by atoms with Gasteiger partial charge in [0.1, 0.15) is 11.7 Å². The summed E-state index contributed by atoms with van der Waals surface area (Å²) in [4.78, 5) is 58.4. The number of anilines is 1. The molecule has 3 aromatic rings. The number of carbonyl (C=O) groups excluding carboxylic acids is 3. The number of nitrogen functional groups attached to an aromatic ring is 1. The second-order valence-electron chi connectivity index (χ2n) is 7.63. The molecular formula is C24H27N5O6S. The van der Waals surface area contributed by atoms with E-state index in [0.717, 1.165) is 5.69 Å². The minimum atomic E-state index is -0.966. The van der Waals surface area contributed by atoms with Gasteiger partial charge in [0.05, 0.1) is 23.5 Å². The van der Waals surface area contributed by atoms with Gasteiger partial charge in [-0.3, -0.25) is 19.4 Å². The van der Waals surface area contributed by atoms with Crippen molar-refractivity contribution in [1.82, 2.24) is 20.3 Å². The number of H-pyrrole nitrogens is 2. The Kier molecular flexibility index (Phi) is 9.24. The van der Waals surface area contributed by atoms with Crippen LogP contribution >= 0.6 is 11.3 Å². The number of hydrogen-bond donors (Lipinski definition) is 4. The molecule has 0 bridgehead atoms. The van der Waals surface area contributed by atoms with Crippen molar-refractivity contribution in [3.63, 3.8) is 0 Å². The van der Waals surface area contributed by atoms with Crippen LogP contribution in [0.15, 0.2) is 22.3 Å². The van der Waals surface area contributed by atoms with E-state index >= 15 is 0 Å². The van der Waals surface area contributed by atoms with Crippen molar-refractivity contribution in [3.8, 4) is 11.8 Å². The number of rotatable bonds is 10. The van der Waals surface area contributed by atoms with Crippen molar-refractivity contribution in [2.24, 2.45) is 0 Å². The van der Waals surface area contributed by atoms with Crippen LogP contribution in [0.25, 0.3) is 11.0 Å². The maximum atomic E-state index is 12.7. The topological polar surface area (TPSA) is 169 Å². The number of amides is 1. The first-order valence-electron chi connectivity index (χ1n) is 11.4. The number of nitrogens with two attached hydrogens (primary N) is 1. The minimum Gasteiger partial charge on any atom is -0.466 e. The molecular weight excluding hydrogens is 486 g/mol. The molecule has 3 rings (SSSR count). The smallest absolute Gasteiger partial charge is 0.328 e. The number of aromatic amines is 2. The number of hydrogen-bond acceptors (Lipinski definition) is 9. The standard InChI is InChI=1S/C24H27N5O6S/c1-3-34-19(30)10-9-17(23(33)35-4-2)27-22(32)18-11-14(13-36-18)7-5-6-8-15-12-16-20(26-15)28-24(25)29-21(16)31/h11-13,17H,3-4,6,8-10H2,1-2H3,(H,27,32)(H4,25,26,28,29,31)/t17-/m0/s1. The Morgan fingerprint density at radius 3 is 2.72 bits per heavy atom. The fourth-order valence-electron chi connectivity index (χ4n) is 3.33. The highest BCUT2D eigenvalue weighted by molar-refractivity contribution is 7.12. The number of fused-ring (bicyclic) bond motifs is 1. The summed E-state index contributed by atoms with van der Waals surface area (Å²) >= 11 is 1.19. The van der Waals surface area contributed by atoms with Gasteiger partial charge in [-0.2, -0.15) is 4.98 Å². The van der Waals surface area contributed by atoms with Crippen molar-refractivity contribution >= 4 is 46.2 Å². The van der Waals surface area contributed by atoms with E-state index in [2.05, 4.69) is 32.1 Å². The number of nitrogens with zero attached hydrogens (tertiary/aromatic N) is 1. The lowest BCUT2D eigenvalue weighted by Crippen LogP contribution is -2.42. The molecule has 0 unspecified atom stereocenters. The molecule has 0 aliphatic carbocycles. The minimum absolute atomic E-state index is 0.0209. The monoisotopic (exact) mass is 513 g/mol. The van der Waals surface area contributed by atoms with Crippen LogP contribution in [-0.4, -0.2) is 52.1 Å². The maximum Gasteiger partial charge on any atom is 0.328 e. The first kappa shape index (κ1) is 26.5. The molecule has 1 atom stereocenters. The van der Waals surface area contributed by atoms with E-state index in [1.807, 2.05) is 0 Å². The summed E-state index contributed by atoms with van der Waals surface area (Å²) in [7, 11) is 0. The highest BCUT2D eigenvalue weighted by atomic mass is 32.1. The number of esters is 2. The number of thiophene rings is 1. The number of aromatic nitrogens is 3. The highest BCUT2D eigenvalue weighted by Crippen LogP contribution is 2.15. The van der Waals surface area contributed by atoms with Crippen LogP contribution in [0.3, 0.4) is 0 Å². The highest BCUT2D eigenvalue weighted by Gasteiger charge is 2.24. The van der Waals surface area contributed by atoms with Crippen LogP contribution in [0, 0.1) is 11.8 Å². The average molecular weight is 514 g/mol. The molecule has 0 aliphatic rings. The summed E-state index contributed by atoms with van der Waals surface area (Å²) in [5.74, 6) is 4.58. The van der Waals surface area contributed by atoms with Gasteiger partial charge in [0, 0.05) is 29.5 Å². The van der Waals surface area contributed by atoms with Gasteiger partial charge in [-0.15, -0.1) is 11.3 Å². The van der Waals surface area contributed by atoms with Gasteiger partial charge in [-0.1, -0.05) is 11.8 Å². The Morgan fingerprint density at radius 1 is 1.19 bits per heavy atom. The maximum absolute atomic E-state index is 12.7. The summed E-state index contributed by atoms with van der Waals surface area (Å²) in [6.07, 6.45) is 1.13. The van der Waals surface area contributed by atoms with Crippen LogP contribution in [0.4, 0.5) is 5.95 Å². The van der Waals surface area contributed by atoms with Gasteiger partial charge in [-0.05, 0) is 38.8 Å². The largest absolute Gasteiger partial charge is 0.466 e. The third-order valence-electron chi connectivity index (χ3n) is 4.97. The molecule has 0 aromatic carbocycles. The number of carbonyl (C=O) groups is 3. The van der Waals surface area contributed by atoms with E-state index in [9.17, 15) is 19.2 Å². The predicted molar refractivity (Wildman–Crippen MR) is 134 cm³/mol. The Bertz CT molecular complexity index is 1360. The SMILES string of the molecule is CCOC(=O)CC[C@H](NC(=O)c1cc(C#CCCc2cc3c(=O)[nH]c(N)nc3[nH]2)cs1)C(=O)OCC. The molecule has 0 fully saturated rings. The second-order valence-corrected chi connectivity index (χ2v) is 8.54. The summed E-state index contributed by atoms with van der Waals surface area (Å²) in [6, 6.07) is 2.39. The molecule has 3 heterocycles. The lowest BCUT2D eigenvalue weighted by Gasteiger charge is -2.16. The van der Waals surface area contributed by atoms with Crippen molar-refractivity contribution in [1.29, 1.82) is 0 Å². The van der Waals surface area contributed by atoms with E-state index < -0.39 is 23.9 Å². The van der Waals surface area contributed by atoms with Crippen LogP contribution < -0.4 is 16.6 Å². The Morgan fingerprint density at radius 2 is 1.97 bits per heavy atom. The van der Waals surface area contributed by atoms with Gasteiger partial charge in [0.25, 0.3) is 11.5 Å². The van der Waals surface area contributed by atoms with E-state index in [4.69, 9.17) is 15.2 Å². The van der Waals surface area contributed by atoms with Crippen LogP contribution in [-0.2, 0) is 25.5 Å². The van der Waals surface area contributed by atoms with Crippen molar-refractivity contribution in [2.45, 2.75) is 45.6 Å². The Balaban J connectivity index is 1.58. The lowest BCUT2D eigenvalue weighted by atomic mass is 10.1. The fourth-order valence-corrected chi connectivity index (χ4v) is 4.07. The molecule has 3 aromatic heterocycles. The van der Waals surface area contributed by atoms with Gasteiger partial charge >= 0.3 is 11.9 Å². The van der Waals surface area contributed by atoms with E-state index in [-0.39, 0.29) is 37.6 Å². The zero-order chi connectivity index (χ0) is 26.1. The molecule has 0 aliphatic heterocycles. The third kappa shape index (κ3) is 7.19. The van der Waals surface area contributed by atoms with Crippen LogP contribution in [0.5, 0.6) is 0 Å². The van der Waals surface area contributed by atoms with E-state index in [1.165, 1.54) is 11.3 Å². The number of ether oxygens (including phenoxy) is 2. The summed E-state index contributed by atoms with van der Waals surface area (Å²) in [6.45, 7) is 3.75. The van der Waals surface area contributed by atoms with E-state index in [1.54, 1.807) is 31.4 Å². The molecule has 0 saturated carbocycles. The summed E-state index contributed by atoms with van der Waals surface area (Å²) in [5.41, 5.74) is 7.15. The Hall–Kier alpha value is -4.11. The van der Waals surface area contributed by atoms with Gasteiger partial charge in [-0.25, -0.2) is 4.79 Å². The van der Waals surface area contributed by atoms with Gasteiger partial charge in [0.15, 0.2) is 0 Å². The molecule has 0 spiro atoms. The molecule has 11 nitrogen and oxygen atoms in total. The van der Waals surface area contributed by atoms with Gasteiger partial charge < -0.3 is 25.5 Å². The summed E-state index contributed by atoms with van der Waals surface area (Å²) < 4.78 is 9.90. The third-order valence-corrected chi connectivity index (χ3v) is 5.89. The summed E-state index contributed by atoms with van der Waals surface area (Å²) in [5, 5.41) is 4.81. The first-order chi connectivity index (χ1) is 17.3. The zero-order valence-corrected chi connectivity index (χ0v) is 20.8. The lowest BCUT2D eigenvalue weighted by molar-refractivity contribution is -0.146. The molecule has 1 amide bonds. The number of aryl methyl sites for hydroxylation is 1. The van der Waals surface area contributed by atoms with Crippen molar-refractivity contribution < 1.29 is 23.9 Å².